The second-order valence-electron chi connectivity index (χ2n) is 4.22. The highest BCUT2D eigenvalue weighted by molar-refractivity contribution is 5.80. The van der Waals surface area contributed by atoms with Crippen molar-refractivity contribution in [3.63, 3.8) is 0 Å². The van der Waals surface area contributed by atoms with E-state index in [-0.39, 0.29) is 0 Å². The van der Waals surface area contributed by atoms with Crippen LogP contribution in [0, 0.1) is 6.92 Å². The molecule has 17 heavy (non-hydrogen) atoms. The van der Waals surface area contributed by atoms with Crippen molar-refractivity contribution in [3.8, 4) is 0 Å². The Hall–Kier alpha value is -2.10. The number of benzene rings is 1. The standard InChI is InChI=1S/C13H14N2O2/c1-10-4-3-5-11(8-10)13(2,12(16)17)15-7-6-14-9-15/h3-9H,1-2H3,(H,16,17). The Labute approximate surface area is 99.5 Å². The third-order valence-corrected chi connectivity index (χ3v) is 3.02. The Morgan fingerprint density at radius 3 is 2.76 bits per heavy atom. The molecule has 2 aromatic rings. The normalized spacial score (nSPS) is 14.2. The van der Waals surface area contributed by atoms with Gasteiger partial charge in [0.05, 0.1) is 6.33 Å². The molecule has 0 fully saturated rings. The zero-order valence-corrected chi connectivity index (χ0v) is 9.79. The molecule has 0 amide bonds. The van der Waals surface area contributed by atoms with Crippen LogP contribution in [0.25, 0.3) is 0 Å². The minimum atomic E-state index is -1.12. The first-order valence-electron chi connectivity index (χ1n) is 5.34. The highest BCUT2D eigenvalue weighted by Gasteiger charge is 2.36. The van der Waals surface area contributed by atoms with E-state index in [0.717, 1.165) is 11.1 Å². The molecule has 1 aromatic carbocycles. The number of carboxylic acids is 1. The smallest absolute Gasteiger partial charge is 0.334 e. The fourth-order valence-corrected chi connectivity index (χ4v) is 1.85. The lowest BCUT2D eigenvalue weighted by Gasteiger charge is -2.27. The maximum Gasteiger partial charge on any atom is 0.334 e. The van der Waals surface area contributed by atoms with Crippen LogP contribution in [0.4, 0.5) is 0 Å². The number of carboxylic acid groups (broad SMARTS) is 1. The number of hydrogen-bond acceptors (Lipinski definition) is 2. The van der Waals surface area contributed by atoms with E-state index in [4.69, 9.17) is 0 Å². The third-order valence-electron chi connectivity index (χ3n) is 3.02. The predicted octanol–water partition coefficient (Wildman–Crippen LogP) is 2.04. The van der Waals surface area contributed by atoms with Crippen LogP contribution in [0.15, 0.2) is 43.0 Å². The van der Waals surface area contributed by atoms with Crippen LogP contribution in [0.1, 0.15) is 18.1 Å². The first kappa shape index (κ1) is 11.4. The average molecular weight is 230 g/mol. The zero-order valence-electron chi connectivity index (χ0n) is 9.79. The predicted molar refractivity (Wildman–Crippen MR) is 63.8 cm³/mol. The molecule has 4 nitrogen and oxygen atoms in total. The summed E-state index contributed by atoms with van der Waals surface area (Å²) in [5, 5.41) is 9.50. The summed E-state index contributed by atoms with van der Waals surface area (Å²) in [6.45, 7) is 3.62. The minimum absolute atomic E-state index is 0.739. The number of aromatic nitrogens is 2. The quantitative estimate of drug-likeness (QED) is 0.877. The van der Waals surface area contributed by atoms with E-state index < -0.39 is 11.5 Å². The van der Waals surface area contributed by atoms with E-state index >= 15 is 0 Å². The van der Waals surface area contributed by atoms with Crippen LogP contribution in [0.5, 0.6) is 0 Å². The van der Waals surface area contributed by atoms with Gasteiger partial charge in [-0.3, -0.25) is 0 Å². The highest BCUT2D eigenvalue weighted by atomic mass is 16.4. The van der Waals surface area contributed by atoms with E-state index in [1.807, 2.05) is 31.2 Å². The number of rotatable bonds is 3. The molecule has 0 aliphatic carbocycles. The number of aliphatic carboxylic acids is 1. The summed E-state index contributed by atoms with van der Waals surface area (Å²) < 4.78 is 1.60. The molecule has 4 heteroatoms. The van der Waals surface area contributed by atoms with Crippen molar-refractivity contribution in [1.29, 1.82) is 0 Å². The molecule has 1 aromatic heterocycles. The topological polar surface area (TPSA) is 55.1 Å². The molecule has 2 rings (SSSR count). The van der Waals surface area contributed by atoms with Gasteiger partial charge in [-0.2, -0.15) is 0 Å². The molecule has 1 heterocycles. The highest BCUT2D eigenvalue weighted by Crippen LogP contribution is 2.26. The molecule has 0 aliphatic heterocycles. The van der Waals surface area contributed by atoms with Crippen molar-refractivity contribution < 1.29 is 9.90 Å². The van der Waals surface area contributed by atoms with E-state index in [1.165, 1.54) is 6.33 Å². The van der Waals surface area contributed by atoms with Gasteiger partial charge in [-0.05, 0) is 19.4 Å². The molecular formula is C13H14N2O2. The largest absolute Gasteiger partial charge is 0.479 e. The summed E-state index contributed by atoms with van der Waals surface area (Å²) in [5.74, 6) is -0.902. The maximum atomic E-state index is 11.6. The van der Waals surface area contributed by atoms with Crippen molar-refractivity contribution in [2.45, 2.75) is 19.4 Å². The van der Waals surface area contributed by atoms with Gasteiger partial charge in [0.15, 0.2) is 5.54 Å². The number of carbonyl (C=O) groups is 1. The lowest BCUT2D eigenvalue weighted by molar-refractivity contribution is -0.144. The van der Waals surface area contributed by atoms with Gasteiger partial charge in [-0.1, -0.05) is 29.8 Å². The van der Waals surface area contributed by atoms with E-state index in [9.17, 15) is 9.90 Å². The lowest BCUT2D eigenvalue weighted by atomic mass is 9.91. The fourth-order valence-electron chi connectivity index (χ4n) is 1.85. The van der Waals surface area contributed by atoms with Crippen molar-refractivity contribution >= 4 is 5.97 Å². The first-order chi connectivity index (χ1) is 8.05. The summed E-state index contributed by atoms with van der Waals surface area (Å²) in [7, 11) is 0. The molecule has 1 unspecified atom stereocenters. The van der Waals surface area contributed by atoms with Crippen LogP contribution in [-0.2, 0) is 10.3 Å². The monoisotopic (exact) mass is 230 g/mol. The number of imidazole rings is 1. The van der Waals surface area contributed by atoms with Crippen LogP contribution >= 0.6 is 0 Å². The molecule has 88 valence electrons. The zero-order chi connectivity index (χ0) is 12.5. The molecule has 0 spiro atoms. The molecule has 0 radical (unpaired) electrons. The molecule has 1 atom stereocenters. The minimum Gasteiger partial charge on any atom is -0.479 e. The second kappa shape index (κ2) is 4.05. The van der Waals surface area contributed by atoms with Crippen LogP contribution in [0.2, 0.25) is 0 Å². The van der Waals surface area contributed by atoms with E-state index in [2.05, 4.69) is 4.98 Å². The fraction of sp³-hybridized carbons (Fsp3) is 0.231. The SMILES string of the molecule is Cc1cccc(C(C)(C(=O)O)n2ccnc2)c1. The van der Waals surface area contributed by atoms with E-state index in [0.29, 0.717) is 0 Å². The Kier molecular flexibility index (Phi) is 2.71. The van der Waals surface area contributed by atoms with Crippen molar-refractivity contribution in [2.75, 3.05) is 0 Å². The van der Waals surface area contributed by atoms with E-state index in [1.54, 1.807) is 23.9 Å². The first-order valence-corrected chi connectivity index (χ1v) is 5.34. The van der Waals surface area contributed by atoms with Crippen LogP contribution in [0.3, 0.4) is 0 Å². The van der Waals surface area contributed by atoms with Gasteiger partial charge in [-0.25, -0.2) is 9.78 Å². The number of hydrogen-bond donors (Lipinski definition) is 1. The molecule has 0 saturated heterocycles. The van der Waals surface area contributed by atoms with Gasteiger partial charge in [0.25, 0.3) is 0 Å². The Morgan fingerprint density at radius 2 is 2.24 bits per heavy atom. The van der Waals surface area contributed by atoms with Gasteiger partial charge in [0, 0.05) is 12.4 Å². The van der Waals surface area contributed by atoms with Gasteiger partial charge >= 0.3 is 5.97 Å². The molecule has 0 aliphatic rings. The Bertz CT molecular complexity index is 534. The van der Waals surface area contributed by atoms with Gasteiger partial charge < -0.3 is 9.67 Å². The molecule has 0 bridgehead atoms. The van der Waals surface area contributed by atoms with Crippen molar-refractivity contribution in [2.24, 2.45) is 0 Å². The number of nitrogens with zero attached hydrogens (tertiary/aromatic N) is 2. The van der Waals surface area contributed by atoms with Gasteiger partial charge in [0.2, 0.25) is 0 Å². The summed E-state index contributed by atoms with van der Waals surface area (Å²) in [4.78, 5) is 15.5. The average Bonchev–Trinajstić information content (AvgIpc) is 2.81. The number of aryl methyl sites for hydroxylation is 1. The second-order valence-corrected chi connectivity index (χ2v) is 4.22. The Balaban J connectivity index is 2.60. The maximum absolute atomic E-state index is 11.6. The van der Waals surface area contributed by atoms with Crippen molar-refractivity contribution in [1.82, 2.24) is 9.55 Å². The van der Waals surface area contributed by atoms with Crippen LogP contribution < -0.4 is 0 Å². The Morgan fingerprint density at radius 1 is 1.47 bits per heavy atom. The van der Waals surface area contributed by atoms with Gasteiger partial charge in [0.1, 0.15) is 0 Å². The van der Waals surface area contributed by atoms with Crippen LogP contribution in [-0.4, -0.2) is 20.6 Å². The molecule has 1 N–H and O–H groups in total. The summed E-state index contributed by atoms with van der Waals surface area (Å²) in [6, 6.07) is 7.51. The lowest BCUT2D eigenvalue weighted by Crippen LogP contribution is -2.39. The molecular weight excluding hydrogens is 216 g/mol. The third kappa shape index (κ3) is 1.82. The summed E-state index contributed by atoms with van der Waals surface area (Å²) in [5.41, 5.74) is 0.654. The van der Waals surface area contributed by atoms with Crippen molar-refractivity contribution in [3.05, 3.63) is 54.1 Å². The summed E-state index contributed by atoms with van der Waals surface area (Å²) in [6.07, 6.45) is 4.77. The summed E-state index contributed by atoms with van der Waals surface area (Å²) >= 11 is 0. The van der Waals surface area contributed by atoms with Gasteiger partial charge in [-0.15, -0.1) is 0 Å². The molecule has 0 saturated carbocycles.